The van der Waals surface area contributed by atoms with E-state index in [0.29, 0.717) is 5.39 Å². The first-order chi connectivity index (χ1) is 22.5. The summed E-state index contributed by atoms with van der Waals surface area (Å²) in [5.74, 6) is -0.390. The predicted octanol–water partition coefficient (Wildman–Crippen LogP) is 4.61. The number of aromatic nitrogens is 4. The Hall–Kier alpha value is -3.88. The van der Waals surface area contributed by atoms with Crippen LogP contribution >= 0.6 is 7.75 Å². The van der Waals surface area contributed by atoms with Crippen molar-refractivity contribution in [1.82, 2.24) is 24.6 Å². The maximum Gasteiger partial charge on any atom is 0.459 e. The molecule has 1 unspecified atom stereocenters. The monoisotopic (exact) mass is 672 g/mol. The molecular weight excluding hydrogens is 634 g/mol. The molecule has 2 aromatic heterocycles. The van der Waals surface area contributed by atoms with Crippen LogP contribution in [0.3, 0.4) is 0 Å². The summed E-state index contributed by atoms with van der Waals surface area (Å²) in [6, 6.07) is 11.4. The predicted molar refractivity (Wildman–Crippen MR) is 169 cm³/mol. The van der Waals surface area contributed by atoms with Crippen LogP contribution in [-0.4, -0.2) is 73.8 Å². The van der Waals surface area contributed by atoms with Crippen molar-refractivity contribution in [3.05, 3.63) is 48.8 Å². The molecule has 1 aliphatic carbocycles. The number of nitrogens with zero attached hydrogens (tertiary/aromatic N) is 4. The molecule has 1 saturated heterocycles. The van der Waals surface area contributed by atoms with E-state index in [0.717, 1.165) is 31.1 Å². The third-order valence-corrected chi connectivity index (χ3v) is 9.93. The number of imidazole rings is 1. The minimum atomic E-state index is -4.41. The van der Waals surface area contributed by atoms with Crippen LogP contribution < -0.4 is 20.1 Å². The number of nitrogens with two attached hydrogens (primary N) is 1. The first-order valence-corrected chi connectivity index (χ1v) is 17.1. The molecule has 47 heavy (non-hydrogen) atoms. The smallest absolute Gasteiger partial charge is 0.459 e. The lowest BCUT2D eigenvalue weighted by atomic mass is 9.98. The molecule has 0 amide bonds. The Morgan fingerprint density at radius 1 is 1.23 bits per heavy atom. The van der Waals surface area contributed by atoms with Gasteiger partial charge < -0.3 is 29.6 Å². The Labute approximate surface area is 270 Å². The van der Waals surface area contributed by atoms with Gasteiger partial charge in [0.2, 0.25) is 11.8 Å². The maximum absolute atomic E-state index is 15.9. The molecule has 252 valence electrons. The summed E-state index contributed by atoms with van der Waals surface area (Å²) in [4.78, 5) is 25.5. The summed E-state index contributed by atoms with van der Waals surface area (Å²) in [5.41, 5.74) is 4.16. The van der Waals surface area contributed by atoms with Gasteiger partial charge in [-0.15, -0.1) is 0 Å². The highest BCUT2D eigenvalue weighted by atomic mass is 31.2. The van der Waals surface area contributed by atoms with E-state index in [-0.39, 0.29) is 41.5 Å². The number of hydrogen-bond donors (Lipinski definition) is 3. The Kier molecular flexibility index (Phi) is 9.36. The Morgan fingerprint density at radius 3 is 2.74 bits per heavy atom. The number of nitrogen functional groups attached to an aromatic ring is 1. The molecule has 1 aliphatic heterocycles. The van der Waals surface area contributed by atoms with Gasteiger partial charge in [-0.05, 0) is 57.9 Å². The van der Waals surface area contributed by atoms with Gasteiger partial charge in [0, 0.05) is 5.39 Å². The van der Waals surface area contributed by atoms with E-state index in [1.807, 2.05) is 18.2 Å². The number of nitrogens with one attached hydrogen (secondary N) is 1. The Bertz CT molecular complexity index is 1800. The molecule has 4 aromatic rings. The van der Waals surface area contributed by atoms with Crippen LogP contribution in [0.25, 0.3) is 21.9 Å². The summed E-state index contributed by atoms with van der Waals surface area (Å²) in [7, 11) is -4.41. The average Bonchev–Trinajstić information content (AvgIpc) is 3.75. The standard InChI is InChI=1S/C31H38FN6O8P/c1-4-42-27-24-26(35-30(33)36-27)38(17-34-24)29-31(3,40)25(32)23(45-29)16-43-47(41,37-18(2)28(39)44-20-12-6-7-13-20)46-22-15-9-11-19-10-5-8-14-21(19)22/h5,8-11,14-15,17-18,20,23,25,29,40H,4,6-7,12-13,16H2,1-3H3,(H,37,41)(H2,33,35,36)/t18-,23+,25+,29+,31+,47?/m0/s1. The lowest BCUT2D eigenvalue weighted by molar-refractivity contribution is -0.150. The lowest BCUT2D eigenvalue weighted by Gasteiger charge is -2.26. The van der Waals surface area contributed by atoms with E-state index >= 15 is 4.39 Å². The molecule has 4 N–H and O–H groups in total. The number of esters is 1. The van der Waals surface area contributed by atoms with Crippen molar-refractivity contribution in [2.75, 3.05) is 18.9 Å². The third-order valence-electron chi connectivity index (χ3n) is 8.30. The van der Waals surface area contributed by atoms with Crippen molar-refractivity contribution in [1.29, 1.82) is 0 Å². The van der Waals surface area contributed by atoms with Crippen LogP contribution in [-0.2, 0) is 23.4 Å². The molecular formula is C31H38FN6O8P. The molecule has 6 rings (SSSR count). The number of fused-ring (bicyclic) bond motifs is 2. The quantitative estimate of drug-likeness (QED) is 0.140. The van der Waals surface area contributed by atoms with E-state index in [1.54, 1.807) is 31.2 Å². The van der Waals surface area contributed by atoms with Crippen LogP contribution in [0.4, 0.5) is 10.3 Å². The number of halogens is 1. The number of ether oxygens (including phenoxy) is 3. The second-order valence-electron chi connectivity index (χ2n) is 11.9. The van der Waals surface area contributed by atoms with Crippen LogP contribution in [0.15, 0.2) is 48.8 Å². The van der Waals surface area contributed by atoms with Crippen molar-refractivity contribution in [3.63, 3.8) is 0 Å². The van der Waals surface area contributed by atoms with E-state index < -0.39 is 50.5 Å². The molecule has 2 aliphatic rings. The van der Waals surface area contributed by atoms with Crippen molar-refractivity contribution in [2.24, 2.45) is 0 Å². The maximum atomic E-state index is 15.9. The number of alkyl halides is 1. The summed E-state index contributed by atoms with van der Waals surface area (Å²) in [6.07, 6.45) is -0.249. The number of carbonyl (C=O) groups excluding carboxylic acids is 1. The van der Waals surface area contributed by atoms with Crippen molar-refractivity contribution in [2.45, 2.75) is 82.7 Å². The highest BCUT2D eigenvalue weighted by molar-refractivity contribution is 7.52. The largest absolute Gasteiger partial charge is 0.476 e. The van der Waals surface area contributed by atoms with E-state index in [1.165, 1.54) is 24.7 Å². The molecule has 3 heterocycles. The molecule has 0 bridgehead atoms. The summed E-state index contributed by atoms with van der Waals surface area (Å²) in [6.45, 7) is 4.17. The number of hydrogen-bond acceptors (Lipinski definition) is 12. The Balaban J connectivity index is 1.25. The van der Waals surface area contributed by atoms with Gasteiger partial charge in [0.1, 0.15) is 29.6 Å². The van der Waals surface area contributed by atoms with Gasteiger partial charge in [-0.1, -0.05) is 36.4 Å². The average molecular weight is 673 g/mol. The lowest BCUT2D eigenvalue weighted by Crippen LogP contribution is -2.42. The summed E-state index contributed by atoms with van der Waals surface area (Å²) < 4.78 is 60.5. The van der Waals surface area contributed by atoms with Gasteiger partial charge in [0.25, 0.3) is 0 Å². The zero-order valence-corrected chi connectivity index (χ0v) is 27.1. The van der Waals surface area contributed by atoms with Crippen molar-refractivity contribution in [3.8, 4) is 11.6 Å². The van der Waals surface area contributed by atoms with E-state index in [4.69, 9.17) is 29.0 Å². The van der Waals surface area contributed by atoms with E-state index in [2.05, 4.69) is 20.0 Å². The van der Waals surface area contributed by atoms with E-state index in [9.17, 15) is 14.5 Å². The molecule has 1 saturated carbocycles. The molecule has 2 aromatic carbocycles. The number of aliphatic hydroxyl groups is 1. The fourth-order valence-corrected chi connectivity index (χ4v) is 7.42. The van der Waals surface area contributed by atoms with Gasteiger partial charge in [0.15, 0.2) is 23.6 Å². The minimum absolute atomic E-state index is 0.116. The van der Waals surface area contributed by atoms with Gasteiger partial charge in [0.05, 0.1) is 19.5 Å². The SMILES string of the molecule is CCOc1nc(N)nc2c1ncn2[C@@H]1O[C@H](COP(=O)(N[C@@H](C)C(=O)OC2CCCC2)Oc2cccc3ccccc23)[C@@H](F)[C@@]1(C)O. The number of benzene rings is 2. The first kappa shape index (κ1) is 33.0. The van der Waals surface area contributed by atoms with Gasteiger partial charge in [-0.3, -0.25) is 13.9 Å². The second kappa shape index (κ2) is 13.3. The third kappa shape index (κ3) is 6.76. The van der Waals surface area contributed by atoms with Crippen LogP contribution in [0, 0.1) is 0 Å². The topological polar surface area (TPSA) is 182 Å². The highest BCUT2D eigenvalue weighted by Crippen LogP contribution is 2.49. The highest BCUT2D eigenvalue weighted by Gasteiger charge is 2.55. The molecule has 6 atom stereocenters. The number of carbonyl (C=O) groups is 1. The molecule has 0 spiro atoms. The molecule has 2 fully saturated rings. The molecule has 14 nitrogen and oxygen atoms in total. The molecule has 0 radical (unpaired) electrons. The zero-order valence-electron chi connectivity index (χ0n) is 26.2. The van der Waals surface area contributed by atoms with Gasteiger partial charge >= 0.3 is 13.7 Å². The second-order valence-corrected chi connectivity index (χ2v) is 13.5. The normalized spacial score (nSPS) is 25.2. The van der Waals surface area contributed by atoms with Gasteiger partial charge in [-0.2, -0.15) is 15.1 Å². The Morgan fingerprint density at radius 2 is 1.98 bits per heavy atom. The summed E-state index contributed by atoms with van der Waals surface area (Å²) >= 11 is 0. The van der Waals surface area contributed by atoms with Crippen LogP contribution in [0.5, 0.6) is 11.6 Å². The summed E-state index contributed by atoms with van der Waals surface area (Å²) in [5, 5.41) is 15.4. The fraction of sp³-hybridized carbons (Fsp3) is 0.484. The van der Waals surface area contributed by atoms with Crippen LogP contribution in [0.1, 0.15) is 52.7 Å². The minimum Gasteiger partial charge on any atom is -0.476 e. The van der Waals surface area contributed by atoms with Crippen molar-refractivity contribution < 1.29 is 42.1 Å². The van der Waals surface area contributed by atoms with Crippen molar-refractivity contribution >= 4 is 41.6 Å². The number of anilines is 1. The molecule has 16 heteroatoms. The van der Waals surface area contributed by atoms with Gasteiger partial charge in [-0.25, -0.2) is 13.9 Å². The van der Waals surface area contributed by atoms with Crippen LogP contribution in [0.2, 0.25) is 0 Å². The fourth-order valence-electron chi connectivity index (χ4n) is 5.90. The number of rotatable bonds is 12. The zero-order chi connectivity index (χ0) is 33.3. The first-order valence-electron chi connectivity index (χ1n) is 15.5.